The van der Waals surface area contributed by atoms with Gasteiger partial charge in [-0.05, 0) is 55.5 Å². The zero-order valence-electron chi connectivity index (χ0n) is 13.9. The molecule has 2 aromatic carbocycles. The first-order valence-corrected chi connectivity index (χ1v) is 9.01. The van der Waals surface area contributed by atoms with Crippen molar-refractivity contribution in [3.63, 3.8) is 0 Å². The van der Waals surface area contributed by atoms with Gasteiger partial charge in [-0.25, -0.2) is 12.8 Å². The molecular weight excluding hydrogens is 347 g/mol. The SMILES string of the molecule is CCOc1ccc(NC(=O)CN(C)S(=O)(=O)c2ccc(F)cc2)cc1. The molecule has 0 atom stereocenters. The quantitative estimate of drug-likeness (QED) is 0.817. The van der Waals surface area contributed by atoms with E-state index in [1.54, 1.807) is 24.3 Å². The zero-order valence-corrected chi connectivity index (χ0v) is 14.7. The van der Waals surface area contributed by atoms with Gasteiger partial charge in [0, 0.05) is 12.7 Å². The Morgan fingerprint density at radius 2 is 1.72 bits per heavy atom. The molecule has 1 N–H and O–H groups in total. The van der Waals surface area contributed by atoms with Crippen molar-refractivity contribution in [2.75, 3.05) is 25.5 Å². The van der Waals surface area contributed by atoms with Gasteiger partial charge in [0.1, 0.15) is 11.6 Å². The largest absolute Gasteiger partial charge is 0.494 e. The lowest BCUT2D eigenvalue weighted by atomic mass is 10.3. The van der Waals surface area contributed by atoms with E-state index < -0.39 is 21.7 Å². The van der Waals surface area contributed by atoms with Crippen LogP contribution in [0.2, 0.25) is 0 Å². The van der Waals surface area contributed by atoms with Crippen LogP contribution in [0.15, 0.2) is 53.4 Å². The van der Waals surface area contributed by atoms with Gasteiger partial charge in [-0.2, -0.15) is 4.31 Å². The number of carbonyl (C=O) groups excluding carboxylic acids is 1. The van der Waals surface area contributed by atoms with Crippen LogP contribution >= 0.6 is 0 Å². The van der Waals surface area contributed by atoms with Crippen molar-refractivity contribution in [2.24, 2.45) is 0 Å². The van der Waals surface area contributed by atoms with Gasteiger partial charge < -0.3 is 10.1 Å². The maximum absolute atomic E-state index is 12.9. The topological polar surface area (TPSA) is 75.7 Å². The number of amides is 1. The summed E-state index contributed by atoms with van der Waals surface area (Å²) in [5, 5.41) is 2.61. The van der Waals surface area contributed by atoms with Crippen LogP contribution < -0.4 is 10.1 Å². The fourth-order valence-electron chi connectivity index (χ4n) is 2.08. The monoisotopic (exact) mass is 366 g/mol. The molecule has 0 aliphatic carbocycles. The van der Waals surface area contributed by atoms with Crippen LogP contribution in [0, 0.1) is 5.82 Å². The normalized spacial score (nSPS) is 11.4. The molecule has 0 heterocycles. The fraction of sp³-hybridized carbons (Fsp3) is 0.235. The van der Waals surface area contributed by atoms with Gasteiger partial charge in [0.15, 0.2) is 0 Å². The number of halogens is 1. The number of rotatable bonds is 7. The third-order valence-corrected chi connectivity index (χ3v) is 5.15. The lowest BCUT2D eigenvalue weighted by molar-refractivity contribution is -0.116. The van der Waals surface area contributed by atoms with Crippen LogP contribution in [0.4, 0.5) is 10.1 Å². The molecule has 0 aliphatic heterocycles. The first-order valence-electron chi connectivity index (χ1n) is 7.57. The average Bonchev–Trinajstić information content (AvgIpc) is 2.57. The molecule has 0 saturated carbocycles. The number of hydrogen-bond acceptors (Lipinski definition) is 4. The number of anilines is 1. The van der Waals surface area contributed by atoms with Gasteiger partial charge in [-0.3, -0.25) is 4.79 Å². The number of ether oxygens (including phenoxy) is 1. The van der Waals surface area contributed by atoms with Gasteiger partial charge >= 0.3 is 0 Å². The number of carbonyl (C=O) groups is 1. The van der Waals surface area contributed by atoms with Crippen LogP contribution in [0.5, 0.6) is 5.75 Å². The molecule has 0 unspecified atom stereocenters. The van der Waals surface area contributed by atoms with Crippen molar-refractivity contribution in [3.05, 3.63) is 54.3 Å². The Labute approximate surface area is 146 Å². The Hall–Kier alpha value is -2.45. The number of nitrogens with one attached hydrogen (secondary N) is 1. The highest BCUT2D eigenvalue weighted by Gasteiger charge is 2.23. The van der Waals surface area contributed by atoms with E-state index in [4.69, 9.17) is 4.74 Å². The Morgan fingerprint density at radius 1 is 1.12 bits per heavy atom. The number of sulfonamides is 1. The second-order valence-electron chi connectivity index (χ2n) is 5.22. The highest BCUT2D eigenvalue weighted by Crippen LogP contribution is 2.17. The maximum atomic E-state index is 12.9. The first kappa shape index (κ1) is 18.9. The van der Waals surface area contributed by atoms with Crippen LogP contribution in [-0.4, -0.2) is 38.8 Å². The summed E-state index contributed by atoms with van der Waals surface area (Å²) in [5.74, 6) is -0.344. The molecule has 134 valence electrons. The number of likely N-dealkylation sites (N-methyl/N-ethyl adjacent to an activating group) is 1. The molecule has 0 aromatic heterocycles. The smallest absolute Gasteiger partial charge is 0.243 e. The lowest BCUT2D eigenvalue weighted by Crippen LogP contribution is -2.34. The third-order valence-electron chi connectivity index (χ3n) is 3.34. The summed E-state index contributed by atoms with van der Waals surface area (Å²) >= 11 is 0. The molecule has 6 nitrogen and oxygen atoms in total. The summed E-state index contributed by atoms with van der Waals surface area (Å²) in [6.45, 7) is 2.04. The predicted molar refractivity (Wildman–Crippen MR) is 92.5 cm³/mol. The minimum atomic E-state index is -3.87. The van der Waals surface area contributed by atoms with E-state index in [9.17, 15) is 17.6 Å². The predicted octanol–water partition coefficient (Wildman–Crippen LogP) is 2.48. The standard InChI is InChI=1S/C17H19FN2O4S/c1-3-24-15-8-6-14(7-9-15)19-17(21)12-20(2)25(22,23)16-10-4-13(18)5-11-16/h4-11H,3,12H2,1-2H3,(H,19,21). The Kier molecular flexibility index (Phi) is 6.11. The second kappa shape index (κ2) is 8.09. The Morgan fingerprint density at radius 3 is 2.28 bits per heavy atom. The van der Waals surface area contributed by atoms with Crippen molar-refractivity contribution in [2.45, 2.75) is 11.8 Å². The van der Waals surface area contributed by atoms with Gasteiger partial charge in [-0.15, -0.1) is 0 Å². The summed E-state index contributed by atoms with van der Waals surface area (Å²) in [7, 11) is -2.58. The Balaban J connectivity index is 2.00. The summed E-state index contributed by atoms with van der Waals surface area (Å²) in [4.78, 5) is 12.0. The van der Waals surface area contributed by atoms with Gasteiger partial charge in [0.25, 0.3) is 0 Å². The molecule has 0 bridgehead atoms. The van der Waals surface area contributed by atoms with Crippen molar-refractivity contribution in [3.8, 4) is 5.75 Å². The molecule has 0 saturated heterocycles. The summed E-state index contributed by atoms with van der Waals surface area (Å²) in [6.07, 6.45) is 0. The third kappa shape index (κ3) is 5.01. The van der Waals surface area contributed by atoms with Crippen molar-refractivity contribution >= 4 is 21.6 Å². The van der Waals surface area contributed by atoms with E-state index in [1.165, 1.54) is 7.05 Å². The van der Waals surface area contributed by atoms with Crippen LogP contribution in [-0.2, 0) is 14.8 Å². The zero-order chi connectivity index (χ0) is 18.4. The van der Waals surface area contributed by atoms with Gasteiger partial charge in [0.2, 0.25) is 15.9 Å². The van der Waals surface area contributed by atoms with E-state index >= 15 is 0 Å². The van der Waals surface area contributed by atoms with E-state index in [-0.39, 0.29) is 11.4 Å². The summed E-state index contributed by atoms with van der Waals surface area (Å²) in [6, 6.07) is 11.2. The minimum Gasteiger partial charge on any atom is -0.494 e. The highest BCUT2D eigenvalue weighted by molar-refractivity contribution is 7.89. The number of hydrogen-bond donors (Lipinski definition) is 1. The maximum Gasteiger partial charge on any atom is 0.243 e. The molecule has 8 heteroatoms. The van der Waals surface area contributed by atoms with E-state index in [1.807, 2.05) is 6.92 Å². The first-order chi connectivity index (χ1) is 11.8. The molecule has 0 aliphatic rings. The summed E-state index contributed by atoms with van der Waals surface area (Å²) < 4.78 is 43.8. The molecule has 25 heavy (non-hydrogen) atoms. The van der Waals surface area contributed by atoms with Crippen molar-refractivity contribution < 1.29 is 22.3 Å². The molecule has 1 amide bonds. The summed E-state index contributed by atoms with van der Waals surface area (Å²) in [5.41, 5.74) is 0.529. The van der Waals surface area contributed by atoms with E-state index in [0.29, 0.717) is 18.0 Å². The molecule has 0 spiro atoms. The molecular formula is C17H19FN2O4S. The molecule has 2 aromatic rings. The van der Waals surface area contributed by atoms with Gasteiger partial charge in [0.05, 0.1) is 18.0 Å². The van der Waals surface area contributed by atoms with Crippen molar-refractivity contribution in [1.82, 2.24) is 4.31 Å². The highest BCUT2D eigenvalue weighted by atomic mass is 32.2. The van der Waals surface area contributed by atoms with Gasteiger partial charge in [-0.1, -0.05) is 0 Å². The van der Waals surface area contributed by atoms with Crippen LogP contribution in [0.1, 0.15) is 6.92 Å². The lowest BCUT2D eigenvalue weighted by Gasteiger charge is -2.17. The number of benzene rings is 2. The van der Waals surface area contributed by atoms with Crippen LogP contribution in [0.3, 0.4) is 0 Å². The van der Waals surface area contributed by atoms with E-state index in [2.05, 4.69) is 5.32 Å². The van der Waals surface area contributed by atoms with Crippen LogP contribution in [0.25, 0.3) is 0 Å². The molecule has 0 radical (unpaired) electrons. The van der Waals surface area contributed by atoms with Crippen molar-refractivity contribution in [1.29, 1.82) is 0 Å². The second-order valence-corrected chi connectivity index (χ2v) is 7.27. The van der Waals surface area contributed by atoms with E-state index in [0.717, 1.165) is 28.6 Å². The Bertz CT molecular complexity index is 821. The molecule has 0 fully saturated rings. The molecule has 2 rings (SSSR count). The number of nitrogens with zero attached hydrogens (tertiary/aromatic N) is 1. The average molecular weight is 366 g/mol. The minimum absolute atomic E-state index is 0.0785. The fourth-order valence-corrected chi connectivity index (χ4v) is 3.20.